The highest BCUT2D eigenvalue weighted by molar-refractivity contribution is 8.18. The Kier molecular flexibility index (Phi) is 8.09. The number of carboxylic acids is 1. The Morgan fingerprint density at radius 2 is 1.77 bits per heavy atom. The number of fused-ring (bicyclic) bond motifs is 1. The van der Waals surface area contributed by atoms with Crippen molar-refractivity contribution >= 4 is 57.3 Å². The number of ether oxygens (including phenoxy) is 2. The molecule has 0 bridgehead atoms. The second-order valence-corrected chi connectivity index (χ2v) is 10.4. The van der Waals surface area contributed by atoms with Crippen LogP contribution in [0.15, 0.2) is 83.8 Å². The Hall–Kier alpha value is -4.27. The molecule has 9 heteroatoms. The third-order valence-corrected chi connectivity index (χ3v) is 7.46. The number of carbonyl (C=O) groups is 3. The van der Waals surface area contributed by atoms with Crippen LogP contribution in [-0.4, -0.2) is 33.7 Å². The number of halogens is 1. The van der Waals surface area contributed by atoms with E-state index in [9.17, 15) is 19.5 Å². The highest BCUT2D eigenvalue weighted by Crippen LogP contribution is 2.40. The lowest BCUT2D eigenvalue weighted by Gasteiger charge is -2.15. The minimum Gasteiger partial charge on any atom is -0.490 e. The van der Waals surface area contributed by atoms with E-state index in [0.29, 0.717) is 29.2 Å². The molecule has 0 aliphatic carbocycles. The van der Waals surface area contributed by atoms with E-state index in [2.05, 4.69) is 0 Å². The SMILES string of the molecule is CCOc1cc(/C=C2/SC(=O)N(Cc3cccc4ccccc34)C2=O)cc(Cl)c1OCc1cccc(C(=O)O)c1. The Balaban J connectivity index is 1.37. The van der Waals surface area contributed by atoms with Gasteiger partial charge in [-0.1, -0.05) is 66.2 Å². The molecule has 40 heavy (non-hydrogen) atoms. The minimum absolute atomic E-state index is 0.0767. The zero-order chi connectivity index (χ0) is 28.2. The average Bonchev–Trinajstić information content (AvgIpc) is 3.20. The lowest BCUT2D eigenvalue weighted by Crippen LogP contribution is -2.27. The van der Waals surface area contributed by atoms with Crippen LogP contribution in [0.5, 0.6) is 11.5 Å². The van der Waals surface area contributed by atoms with Crippen molar-refractivity contribution in [2.45, 2.75) is 20.1 Å². The smallest absolute Gasteiger partial charge is 0.335 e. The largest absolute Gasteiger partial charge is 0.490 e. The third kappa shape index (κ3) is 5.83. The molecule has 0 aromatic heterocycles. The zero-order valence-electron chi connectivity index (χ0n) is 21.4. The van der Waals surface area contributed by atoms with Gasteiger partial charge in [-0.3, -0.25) is 14.5 Å². The van der Waals surface area contributed by atoms with Crippen LogP contribution in [0.3, 0.4) is 0 Å². The van der Waals surface area contributed by atoms with E-state index in [1.165, 1.54) is 17.0 Å². The van der Waals surface area contributed by atoms with Gasteiger partial charge in [0.15, 0.2) is 11.5 Å². The number of carbonyl (C=O) groups excluding carboxylic acids is 2. The molecule has 1 N–H and O–H groups in total. The van der Waals surface area contributed by atoms with Crippen molar-refractivity contribution in [2.24, 2.45) is 0 Å². The number of amides is 2. The number of rotatable bonds is 9. The van der Waals surface area contributed by atoms with E-state index in [-0.39, 0.29) is 39.8 Å². The zero-order valence-corrected chi connectivity index (χ0v) is 23.0. The van der Waals surface area contributed by atoms with Crippen LogP contribution in [0, 0.1) is 0 Å². The predicted molar refractivity (Wildman–Crippen MR) is 156 cm³/mol. The molecule has 0 saturated carbocycles. The van der Waals surface area contributed by atoms with E-state index in [1.807, 2.05) is 49.4 Å². The van der Waals surface area contributed by atoms with Gasteiger partial charge >= 0.3 is 5.97 Å². The molecule has 1 aliphatic rings. The summed E-state index contributed by atoms with van der Waals surface area (Å²) >= 11 is 7.44. The van der Waals surface area contributed by atoms with Crippen LogP contribution in [0.1, 0.15) is 34.0 Å². The average molecular weight is 574 g/mol. The molecule has 0 atom stereocenters. The second-order valence-electron chi connectivity index (χ2n) is 8.96. The van der Waals surface area contributed by atoms with Gasteiger partial charge in [0.05, 0.1) is 28.6 Å². The maximum Gasteiger partial charge on any atom is 0.335 e. The Morgan fingerprint density at radius 3 is 2.58 bits per heavy atom. The lowest BCUT2D eigenvalue weighted by molar-refractivity contribution is -0.123. The van der Waals surface area contributed by atoms with Crippen LogP contribution < -0.4 is 9.47 Å². The number of carboxylic acid groups (broad SMARTS) is 1. The minimum atomic E-state index is -1.03. The van der Waals surface area contributed by atoms with Crippen LogP contribution in [0.4, 0.5) is 4.79 Å². The standard InChI is InChI=1S/C31H24ClNO6S/c1-2-38-26-15-20(14-25(32)28(26)39-18-19-7-5-10-22(13-19)30(35)36)16-27-29(34)33(31(37)40-27)17-23-11-6-9-21-8-3-4-12-24(21)23/h3-16H,2,17-18H2,1H3,(H,35,36)/b27-16+. The first-order valence-electron chi connectivity index (χ1n) is 12.5. The van der Waals surface area contributed by atoms with Crippen molar-refractivity contribution in [1.29, 1.82) is 0 Å². The molecule has 1 aliphatic heterocycles. The molecule has 1 heterocycles. The summed E-state index contributed by atoms with van der Waals surface area (Å²) in [7, 11) is 0. The molecular formula is C31H24ClNO6S. The van der Waals surface area contributed by atoms with Crippen LogP contribution >= 0.6 is 23.4 Å². The second kappa shape index (κ2) is 11.9. The molecule has 0 radical (unpaired) electrons. The van der Waals surface area contributed by atoms with Crippen molar-refractivity contribution in [3.05, 3.63) is 111 Å². The van der Waals surface area contributed by atoms with Gasteiger partial charge < -0.3 is 14.6 Å². The fourth-order valence-electron chi connectivity index (χ4n) is 4.41. The monoisotopic (exact) mass is 573 g/mol. The predicted octanol–water partition coefficient (Wildman–Crippen LogP) is 7.41. The summed E-state index contributed by atoms with van der Waals surface area (Å²) in [6.07, 6.45) is 1.61. The number of aromatic carboxylic acids is 1. The lowest BCUT2D eigenvalue weighted by atomic mass is 10.0. The highest BCUT2D eigenvalue weighted by atomic mass is 35.5. The summed E-state index contributed by atoms with van der Waals surface area (Å²) in [5.74, 6) is -0.743. The summed E-state index contributed by atoms with van der Waals surface area (Å²) in [4.78, 5) is 38.9. The number of imide groups is 1. The molecule has 1 fully saturated rings. The van der Waals surface area contributed by atoms with Crippen molar-refractivity contribution in [1.82, 2.24) is 4.90 Å². The maximum atomic E-state index is 13.2. The normalized spacial score (nSPS) is 14.2. The number of benzene rings is 4. The van der Waals surface area contributed by atoms with Crippen LogP contribution in [0.25, 0.3) is 16.8 Å². The quantitative estimate of drug-likeness (QED) is 0.208. The van der Waals surface area contributed by atoms with Gasteiger partial charge in [-0.2, -0.15) is 0 Å². The van der Waals surface area contributed by atoms with Gasteiger partial charge in [0.2, 0.25) is 0 Å². The van der Waals surface area contributed by atoms with E-state index >= 15 is 0 Å². The Labute approximate surface area is 240 Å². The summed E-state index contributed by atoms with van der Waals surface area (Å²) in [6, 6.07) is 23.4. The molecule has 202 valence electrons. The number of hydrogen-bond donors (Lipinski definition) is 1. The fourth-order valence-corrected chi connectivity index (χ4v) is 5.52. The molecule has 7 nitrogen and oxygen atoms in total. The number of nitrogens with zero attached hydrogens (tertiary/aromatic N) is 1. The molecule has 0 unspecified atom stereocenters. The molecule has 1 saturated heterocycles. The van der Waals surface area contributed by atoms with Gasteiger partial charge in [0.25, 0.3) is 11.1 Å². The van der Waals surface area contributed by atoms with Gasteiger partial charge in [-0.05, 0) is 76.5 Å². The number of hydrogen-bond acceptors (Lipinski definition) is 6. The highest BCUT2D eigenvalue weighted by Gasteiger charge is 2.35. The molecule has 4 aromatic carbocycles. The molecule has 0 spiro atoms. The van der Waals surface area contributed by atoms with E-state index in [1.54, 1.807) is 30.3 Å². The van der Waals surface area contributed by atoms with Crippen LogP contribution in [0.2, 0.25) is 5.02 Å². The summed E-state index contributed by atoms with van der Waals surface area (Å²) in [6.45, 7) is 2.41. The van der Waals surface area contributed by atoms with Crippen molar-refractivity contribution in [3.8, 4) is 11.5 Å². The first-order valence-corrected chi connectivity index (χ1v) is 13.7. The molecule has 2 amide bonds. The third-order valence-electron chi connectivity index (χ3n) is 6.27. The first-order chi connectivity index (χ1) is 19.3. The van der Waals surface area contributed by atoms with Gasteiger partial charge in [0.1, 0.15) is 6.61 Å². The van der Waals surface area contributed by atoms with Gasteiger partial charge in [0, 0.05) is 0 Å². The van der Waals surface area contributed by atoms with Crippen molar-refractivity contribution in [3.63, 3.8) is 0 Å². The van der Waals surface area contributed by atoms with E-state index in [4.69, 9.17) is 21.1 Å². The maximum absolute atomic E-state index is 13.2. The van der Waals surface area contributed by atoms with E-state index < -0.39 is 5.97 Å². The Bertz CT molecular complexity index is 1660. The summed E-state index contributed by atoms with van der Waals surface area (Å²) in [5.41, 5.74) is 2.27. The molecule has 5 rings (SSSR count). The fraction of sp³-hybridized carbons (Fsp3) is 0.129. The van der Waals surface area contributed by atoms with Crippen LogP contribution in [-0.2, 0) is 17.9 Å². The first kappa shape index (κ1) is 27.3. The molecular weight excluding hydrogens is 550 g/mol. The summed E-state index contributed by atoms with van der Waals surface area (Å²) < 4.78 is 11.7. The van der Waals surface area contributed by atoms with Gasteiger partial charge in [-0.25, -0.2) is 4.79 Å². The van der Waals surface area contributed by atoms with Crippen molar-refractivity contribution < 1.29 is 29.0 Å². The van der Waals surface area contributed by atoms with Gasteiger partial charge in [-0.15, -0.1) is 0 Å². The summed E-state index contributed by atoms with van der Waals surface area (Å²) in [5, 5.41) is 11.2. The van der Waals surface area contributed by atoms with Crippen molar-refractivity contribution in [2.75, 3.05) is 6.61 Å². The molecule has 4 aromatic rings. The van der Waals surface area contributed by atoms with E-state index in [0.717, 1.165) is 28.1 Å². The Morgan fingerprint density at radius 1 is 1.00 bits per heavy atom. The number of thioether (sulfide) groups is 1. The topological polar surface area (TPSA) is 93.1 Å².